The Bertz CT molecular complexity index is 763. The van der Waals surface area contributed by atoms with E-state index in [4.69, 9.17) is 20.6 Å². The van der Waals surface area contributed by atoms with Crippen LogP contribution in [0.2, 0.25) is 0 Å². The maximum atomic E-state index is 14.1. The van der Waals surface area contributed by atoms with Crippen LogP contribution in [0.5, 0.6) is 5.75 Å². The Morgan fingerprint density at radius 3 is 2.44 bits per heavy atom. The summed E-state index contributed by atoms with van der Waals surface area (Å²) in [6, 6.07) is 11.1. The number of ether oxygens (including phenoxy) is 2. The Balaban J connectivity index is 2.06. The number of carbonyl (C=O) groups excluding carboxylic acids is 1. The van der Waals surface area contributed by atoms with Gasteiger partial charge in [0.25, 0.3) is 5.91 Å². The van der Waals surface area contributed by atoms with E-state index in [1.54, 1.807) is 30.3 Å². The van der Waals surface area contributed by atoms with Gasteiger partial charge in [0.15, 0.2) is 6.10 Å². The van der Waals surface area contributed by atoms with Gasteiger partial charge in [0, 0.05) is 30.8 Å². The van der Waals surface area contributed by atoms with Crippen LogP contribution in [0.3, 0.4) is 0 Å². The predicted molar refractivity (Wildman–Crippen MR) is 92.0 cm³/mol. The van der Waals surface area contributed by atoms with Crippen LogP contribution in [0, 0.1) is 11.2 Å². The summed E-state index contributed by atoms with van der Waals surface area (Å²) in [4.78, 5) is 12.3. The second-order valence-electron chi connectivity index (χ2n) is 5.33. The molecule has 0 saturated carbocycles. The third-order valence-corrected chi connectivity index (χ3v) is 3.70. The lowest BCUT2D eigenvalue weighted by molar-refractivity contribution is -0.131. The molecule has 25 heavy (non-hydrogen) atoms. The molecule has 0 aliphatic rings. The molecular weight excluding hydrogens is 325 g/mol. The van der Waals surface area contributed by atoms with Crippen LogP contribution in [0.4, 0.5) is 4.39 Å². The van der Waals surface area contributed by atoms with Gasteiger partial charge in [-0.25, -0.2) is 4.39 Å². The summed E-state index contributed by atoms with van der Waals surface area (Å²) in [7, 11) is 2.78. The molecule has 0 aromatic heterocycles. The average molecular weight is 345 g/mol. The highest BCUT2D eigenvalue weighted by atomic mass is 19.1. The van der Waals surface area contributed by atoms with Crippen molar-refractivity contribution in [2.45, 2.75) is 12.6 Å². The second-order valence-corrected chi connectivity index (χ2v) is 5.33. The molecule has 0 radical (unpaired) electrons. The maximum Gasteiger partial charge on any atom is 0.254 e. The highest BCUT2D eigenvalue weighted by molar-refractivity contribution is 5.94. The largest absolute Gasteiger partial charge is 0.497 e. The first-order chi connectivity index (χ1) is 12.0. The first-order valence-corrected chi connectivity index (χ1v) is 7.53. The number of benzene rings is 2. The van der Waals surface area contributed by atoms with Gasteiger partial charge in [-0.15, -0.1) is 0 Å². The number of amides is 1. The van der Waals surface area contributed by atoms with Crippen LogP contribution < -0.4 is 15.8 Å². The normalized spacial score (nSPS) is 11.6. The van der Waals surface area contributed by atoms with Crippen molar-refractivity contribution < 1.29 is 18.7 Å². The van der Waals surface area contributed by atoms with E-state index in [0.717, 1.165) is 5.56 Å². The molecule has 6 nitrogen and oxygen atoms in total. The van der Waals surface area contributed by atoms with E-state index >= 15 is 0 Å². The van der Waals surface area contributed by atoms with E-state index in [1.165, 1.54) is 26.4 Å². The van der Waals surface area contributed by atoms with E-state index in [9.17, 15) is 9.18 Å². The van der Waals surface area contributed by atoms with Crippen LogP contribution in [0.15, 0.2) is 42.5 Å². The minimum Gasteiger partial charge on any atom is -0.497 e. The maximum absolute atomic E-state index is 14.1. The van der Waals surface area contributed by atoms with E-state index in [1.807, 2.05) is 0 Å². The standard InChI is InChI=1S/C18H20FN3O3/c1-24-13-7-8-14(15(19)9-13)16(25-2)18(23)22-10-11-3-5-12(6-4-11)17(20)21/h3-9,16H,10H2,1-2H3,(H3,20,21)(H,22,23)/t16-/m0/s1. The van der Waals surface area contributed by atoms with Crippen LogP contribution in [-0.2, 0) is 16.1 Å². The zero-order valence-electron chi connectivity index (χ0n) is 14.0. The van der Waals surface area contributed by atoms with Crippen molar-refractivity contribution in [3.63, 3.8) is 0 Å². The van der Waals surface area contributed by atoms with Gasteiger partial charge in [-0.05, 0) is 17.7 Å². The second kappa shape index (κ2) is 8.25. The molecule has 1 atom stereocenters. The Kier molecular flexibility index (Phi) is 6.08. The Hall–Kier alpha value is -2.93. The van der Waals surface area contributed by atoms with Gasteiger partial charge in [-0.3, -0.25) is 10.2 Å². The molecule has 4 N–H and O–H groups in total. The van der Waals surface area contributed by atoms with Crippen molar-refractivity contribution in [1.82, 2.24) is 5.32 Å². The molecule has 1 amide bonds. The van der Waals surface area contributed by atoms with Crippen molar-refractivity contribution in [3.8, 4) is 5.75 Å². The van der Waals surface area contributed by atoms with Gasteiger partial charge in [0.05, 0.1) is 7.11 Å². The smallest absolute Gasteiger partial charge is 0.254 e. The number of hydrogen-bond acceptors (Lipinski definition) is 4. The topological polar surface area (TPSA) is 97.4 Å². The fraction of sp³-hybridized carbons (Fsp3) is 0.222. The molecular formula is C18H20FN3O3. The highest BCUT2D eigenvalue weighted by Gasteiger charge is 2.23. The number of rotatable bonds is 7. The van der Waals surface area contributed by atoms with Crippen molar-refractivity contribution in [1.29, 1.82) is 5.41 Å². The SMILES string of the molecule is COc1ccc([C@H](OC)C(=O)NCc2ccc(C(=N)N)cc2)c(F)c1. The van der Waals surface area contributed by atoms with Gasteiger partial charge >= 0.3 is 0 Å². The first-order valence-electron chi connectivity index (χ1n) is 7.53. The molecule has 132 valence electrons. The molecule has 7 heteroatoms. The van der Waals surface area contributed by atoms with Crippen LogP contribution in [0.25, 0.3) is 0 Å². The monoisotopic (exact) mass is 345 g/mol. The zero-order chi connectivity index (χ0) is 18.4. The van der Waals surface area contributed by atoms with Gasteiger partial charge in [-0.2, -0.15) is 0 Å². The fourth-order valence-corrected chi connectivity index (χ4v) is 2.31. The summed E-state index contributed by atoms with van der Waals surface area (Å²) < 4.78 is 24.3. The third kappa shape index (κ3) is 4.54. The molecule has 0 bridgehead atoms. The molecule has 0 fully saturated rings. The van der Waals surface area contributed by atoms with Gasteiger partial charge in [-0.1, -0.05) is 24.3 Å². The van der Waals surface area contributed by atoms with Crippen LogP contribution >= 0.6 is 0 Å². The molecule has 0 unspecified atom stereocenters. The number of nitrogen functional groups attached to an aromatic ring is 1. The molecule has 2 aromatic rings. The summed E-state index contributed by atoms with van der Waals surface area (Å²) in [5, 5.41) is 10.1. The lowest BCUT2D eigenvalue weighted by Gasteiger charge is -2.17. The van der Waals surface area contributed by atoms with Crippen molar-refractivity contribution in [3.05, 3.63) is 65.0 Å². The number of carbonyl (C=O) groups is 1. The summed E-state index contributed by atoms with van der Waals surface area (Å²) in [6.07, 6.45) is -1.07. The fourth-order valence-electron chi connectivity index (χ4n) is 2.31. The number of amidine groups is 1. The van der Waals surface area contributed by atoms with Crippen LogP contribution in [0.1, 0.15) is 22.8 Å². The molecule has 0 heterocycles. The van der Waals surface area contributed by atoms with Crippen molar-refractivity contribution >= 4 is 11.7 Å². The predicted octanol–water partition coefficient (Wildman–Crippen LogP) is 2.12. The average Bonchev–Trinajstić information content (AvgIpc) is 2.62. The molecule has 0 aliphatic heterocycles. The van der Waals surface area contributed by atoms with Gasteiger partial charge in [0.2, 0.25) is 0 Å². The van der Waals surface area contributed by atoms with E-state index < -0.39 is 17.8 Å². The number of nitrogens with two attached hydrogens (primary N) is 1. The molecule has 2 rings (SSSR count). The quantitative estimate of drug-likeness (QED) is 0.529. The van der Waals surface area contributed by atoms with Gasteiger partial charge in [0.1, 0.15) is 17.4 Å². The Morgan fingerprint density at radius 2 is 1.92 bits per heavy atom. The highest BCUT2D eigenvalue weighted by Crippen LogP contribution is 2.24. The van der Waals surface area contributed by atoms with Gasteiger partial charge < -0.3 is 20.5 Å². The van der Waals surface area contributed by atoms with Crippen molar-refractivity contribution in [2.75, 3.05) is 14.2 Å². The van der Waals surface area contributed by atoms with Crippen LogP contribution in [-0.4, -0.2) is 26.0 Å². The first kappa shape index (κ1) is 18.4. The summed E-state index contributed by atoms with van der Waals surface area (Å²) in [5.74, 6) is -0.693. The number of methoxy groups -OCH3 is 2. The third-order valence-electron chi connectivity index (χ3n) is 3.70. The molecule has 0 spiro atoms. The molecule has 0 saturated heterocycles. The Morgan fingerprint density at radius 1 is 1.24 bits per heavy atom. The Labute approximate surface area is 145 Å². The number of halogens is 1. The summed E-state index contributed by atoms with van der Waals surface area (Å²) >= 11 is 0. The lowest BCUT2D eigenvalue weighted by Crippen LogP contribution is -2.30. The number of hydrogen-bond donors (Lipinski definition) is 3. The molecule has 0 aliphatic carbocycles. The summed E-state index contributed by atoms with van der Waals surface area (Å²) in [5.41, 5.74) is 6.95. The molecule has 2 aromatic carbocycles. The summed E-state index contributed by atoms with van der Waals surface area (Å²) in [6.45, 7) is 0.245. The minimum absolute atomic E-state index is 0.0231. The lowest BCUT2D eigenvalue weighted by atomic mass is 10.1. The zero-order valence-corrected chi connectivity index (χ0v) is 14.0. The van der Waals surface area contributed by atoms with Crippen molar-refractivity contribution in [2.24, 2.45) is 5.73 Å². The number of nitrogens with one attached hydrogen (secondary N) is 2. The van der Waals surface area contributed by atoms with E-state index in [0.29, 0.717) is 11.3 Å². The minimum atomic E-state index is -1.07. The van der Waals surface area contributed by atoms with E-state index in [-0.39, 0.29) is 17.9 Å². The van der Waals surface area contributed by atoms with E-state index in [2.05, 4.69) is 5.32 Å².